The van der Waals surface area contributed by atoms with Crippen molar-refractivity contribution in [3.8, 4) is 11.5 Å². The number of amides is 1. The molecule has 1 aliphatic carbocycles. The SMILES string of the molecule is CSC1(CNC(=O)c2c(O)cccc2O)CCCCC1. The van der Waals surface area contributed by atoms with Gasteiger partial charge in [-0.25, -0.2) is 0 Å². The van der Waals surface area contributed by atoms with E-state index in [0.717, 1.165) is 12.8 Å². The summed E-state index contributed by atoms with van der Waals surface area (Å²) in [7, 11) is 0. The molecule has 1 fully saturated rings. The summed E-state index contributed by atoms with van der Waals surface area (Å²) in [6.07, 6.45) is 7.92. The van der Waals surface area contributed by atoms with Crippen LogP contribution in [0, 0.1) is 0 Å². The largest absolute Gasteiger partial charge is 0.507 e. The average Bonchev–Trinajstić information content (AvgIpc) is 2.46. The van der Waals surface area contributed by atoms with Crippen molar-refractivity contribution in [3.63, 3.8) is 0 Å². The summed E-state index contributed by atoms with van der Waals surface area (Å²) >= 11 is 1.80. The van der Waals surface area contributed by atoms with Gasteiger partial charge in [0.2, 0.25) is 0 Å². The smallest absolute Gasteiger partial charge is 0.258 e. The molecule has 0 bridgehead atoms. The Morgan fingerprint density at radius 3 is 2.40 bits per heavy atom. The standard InChI is InChI=1S/C15H21NO3S/c1-20-15(8-3-2-4-9-15)10-16-14(19)13-11(17)6-5-7-12(13)18/h5-7,17-18H,2-4,8-10H2,1H3,(H,16,19). The fourth-order valence-corrected chi connectivity index (χ4v) is 3.65. The van der Waals surface area contributed by atoms with Crippen LogP contribution in [0.25, 0.3) is 0 Å². The lowest BCUT2D eigenvalue weighted by Crippen LogP contribution is -2.41. The minimum atomic E-state index is -0.417. The summed E-state index contributed by atoms with van der Waals surface area (Å²) in [4.78, 5) is 12.1. The van der Waals surface area contributed by atoms with Gasteiger partial charge in [0.15, 0.2) is 0 Å². The molecule has 3 N–H and O–H groups in total. The summed E-state index contributed by atoms with van der Waals surface area (Å²) in [5, 5.41) is 22.3. The zero-order chi connectivity index (χ0) is 14.6. The first-order chi connectivity index (χ1) is 9.58. The summed E-state index contributed by atoms with van der Waals surface area (Å²) in [6.45, 7) is 0.570. The molecule has 0 heterocycles. The number of nitrogens with one attached hydrogen (secondary N) is 1. The highest BCUT2D eigenvalue weighted by molar-refractivity contribution is 8.00. The van der Waals surface area contributed by atoms with Crippen LogP contribution >= 0.6 is 11.8 Å². The molecule has 2 rings (SSSR count). The third-order valence-corrected chi connectivity index (χ3v) is 5.44. The van der Waals surface area contributed by atoms with E-state index in [1.165, 1.54) is 37.5 Å². The number of phenolic OH excluding ortho intramolecular Hbond substituents is 2. The second-order valence-electron chi connectivity index (χ2n) is 5.30. The van der Waals surface area contributed by atoms with Crippen molar-refractivity contribution in [2.45, 2.75) is 36.9 Å². The molecular weight excluding hydrogens is 274 g/mol. The van der Waals surface area contributed by atoms with Gasteiger partial charge in [-0.15, -0.1) is 0 Å². The van der Waals surface area contributed by atoms with Crippen molar-refractivity contribution >= 4 is 17.7 Å². The highest BCUT2D eigenvalue weighted by Gasteiger charge is 2.32. The number of carbonyl (C=O) groups is 1. The van der Waals surface area contributed by atoms with E-state index >= 15 is 0 Å². The van der Waals surface area contributed by atoms with Crippen LogP contribution in [-0.2, 0) is 0 Å². The van der Waals surface area contributed by atoms with Crippen LogP contribution in [0.15, 0.2) is 18.2 Å². The van der Waals surface area contributed by atoms with Gasteiger partial charge >= 0.3 is 0 Å². The van der Waals surface area contributed by atoms with Crippen LogP contribution in [0.2, 0.25) is 0 Å². The van der Waals surface area contributed by atoms with E-state index in [-0.39, 0.29) is 21.8 Å². The lowest BCUT2D eigenvalue weighted by atomic mass is 9.88. The quantitative estimate of drug-likeness (QED) is 0.799. The zero-order valence-corrected chi connectivity index (χ0v) is 12.5. The lowest BCUT2D eigenvalue weighted by molar-refractivity contribution is 0.0941. The molecule has 110 valence electrons. The number of hydrogen-bond donors (Lipinski definition) is 3. The Kier molecular flexibility index (Phi) is 4.81. The van der Waals surface area contributed by atoms with Crippen LogP contribution in [0.4, 0.5) is 0 Å². The molecule has 1 saturated carbocycles. The molecule has 4 nitrogen and oxygen atoms in total. The second kappa shape index (κ2) is 6.39. The van der Waals surface area contributed by atoms with Gasteiger partial charge in [-0.05, 0) is 31.2 Å². The molecule has 1 aromatic rings. The number of carbonyl (C=O) groups excluding carboxylic acids is 1. The molecule has 0 unspecified atom stereocenters. The van der Waals surface area contributed by atoms with Gasteiger partial charge in [0, 0.05) is 11.3 Å². The van der Waals surface area contributed by atoms with Crippen LogP contribution < -0.4 is 5.32 Å². The molecule has 0 atom stereocenters. The number of rotatable bonds is 4. The Bertz CT molecular complexity index is 464. The molecule has 0 spiro atoms. The van der Waals surface area contributed by atoms with Crippen LogP contribution in [0.5, 0.6) is 11.5 Å². The first-order valence-corrected chi connectivity index (χ1v) is 8.15. The van der Waals surface area contributed by atoms with E-state index in [4.69, 9.17) is 0 Å². The fraction of sp³-hybridized carbons (Fsp3) is 0.533. The predicted octanol–water partition coefficient (Wildman–Crippen LogP) is 2.89. The van der Waals surface area contributed by atoms with Gasteiger partial charge < -0.3 is 15.5 Å². The third-order valence-electron chi connectivity index (χ3n) is 4.02. The Morgan fingerprint density at radius 1 is 1.25 bits per heavy atom. The summed E-state index contributed by atoms with van der Waals surface area (Å²) in [5.41, 5.74) is -0.0421. The van der Waals surface area contributed by atoms with Gasteiger partial charge in [0.1, 0.15) is 17.1 Å². The number of thioether (sulfide) groups is 1. The molecule has 0 aliphatic heterocycles. The highest BCUT2D eigenvalue weighted by Crippen LogP contribution is 2.38. The van der Waals surface area contributed by atoms with Crippen molar-refractivity contribution in [2.75, 3.05) is 12.8 Å². The minimum absolute atomic E-state index is 0.0421. The van der Waals surface area contributed by atoms with E-state index in [0.29, 0.717) is 6.54 Å². The molecule has 1 aliphatic rings. The fourth-order valence-electron chi connectivity index (χ4n) is 2.74. The Hall–Kier alpha value is -1.36. The normalized spacial score (nSPS) is 17.6. The molecule has 0 saturated heterocycles. The number of benzene rings is 1. The number of hydrogen-bond acceptors (Lipinski definition) is 4. The molecule has 1 aromatic carbocycles. The maximum Gasteiger partial charge on any atom is 0.258 e. The first-order valence-electron chi connectivity index (χ1n) is 6.92. The number of phenols is 2. The Morgan fingerprint density at radius 2 is 1.85 bits per heavy atom. The molecule has 0 aromatic heterocycles. The van der Waals surface area contributed by atoms with Gasteiger partial charge in [-0.3, -0.25) is 4.79 Å². The van der Waals surface area contributed by atoms with Crippen LogP contribution in [0.1, 0.15) is 42.5 Å². The molecule has 5 heteroatoms. The first kappa shape index (κ1) is 15.0. The molecule has 20 heavy (non-hydrogen) atoms. The second-order valence-corrected chi connectivity index (χ2v) is 6.58. The third kappa shape index (κ3) is 3.20. The molecular formula is C15H21NO3S. The van der Waals surface area contributed by atoms with Crippen molar-refractivity contribution in [1.29, 1.82) is 0 Å². The van der Waals surface area contributed by atoms with Crippen molar-refractivity contribution in [1.82, 2.24) is 5.32 Å². The van der Waals surface area contributed by atoms with Crippen molar-refractivity contribution in [3.05, 3.63) is 23.8 Å². The van der Waals surface area contributed by atoms with E-state index in [2.05, 4.69) is 11.6 Å². The lowest BCUT2D eigenvalue weighted by Gasteiger charge is -2.35. The van der Waals surface area contributed by atoms with Gasteiger partial charge in [-0.1, -0.05) is 25.3 Å². The maximum absolute atomic E-state index is 12.1. The van der Waals surface area contributed by atoms with Crippen molar-refractivity contribution in [2.24, 2.45) is 0 Å². The Labute approximate surface area is 123 Å². The van der Waals surface area contributed by atoms with E-state index in [1.807, 2.05) is 0 Å². The van der Waals surface area contributed by atoms with E-state index in [9.17, 15) is 15.0 Å². The van der Waals surface area contributed by atoms with Crippen LogP contribution in [0.3, 0.4) is 0 Å². The Balaban J connectivity index is 2.04. The molecule has 0 radical (unpaired) electrons. The zero-order valence-electron chi connectivity index (χ0n) is 11.7. The monoisotopic (exact) mass is 295 g/mol. The van der Waals surface area contributed by atoms with Crippen molar-refractivity contribution < 1.29 is 15.0 Å². The van der Waals surface area contributed by atoms with E-state index in [1.54, 1.807) is 11.8 Å². The van der Waals surface area contributed by atoms with Crippen LogP contribution in [-0.4, -0.2) is 33.7 Å². The average molecular weight is 295 g/mol. The number of aromatic hydroxyl groups is 2. The topological polar surface area (TPSA) is 69.6 Å². The summed E-state index contributed by atoms with van der Waals surface area (Å²) < 4.78 is 0.0912. The van der Waals surface area contributed by atoms with Gasteiger partial charge in [-0.2, -0.15) is 11.8 Å². The maximum atomic E-state index is 12.1. The minimum Gasteiger partial charge on any atom is -0.507 e. The summed E-state index contributed by atoms with van der Waals surface area (Å²) in [5.74, 6) is -0.798. The van der Waals surface area contributed by atoms with Gasteiger partial charge in [0.25, 0.3) is 5.91 Å². The predicted molar refractivity (Wildman–Crippen MR) is 81.4 cm³/mol. The highest BCUT2D eigenvalue weighted by atomic mass is 32.2. The van der Waals surface area contributed by atoms with E-state index < -0.39 is 5.91 Å². The summed E-state index contributed by atoms with van der Waals surface area (Å²) in [6, 6.07) is 4.31. The van der Waals surface area contributed by atoms with Gasteiger partial charge in [0.05, 0.1) is 0 Å². The molecule has 1 amide bonds.